The van der Waals surface area contributed by atoms with Gasteiger partial charge >= 0.3 is 0 Å². The van der Waals surface area contributed by atoms with Gasteiger partial charge in [0.1, 0.15) is 12.1 Å². The number of aromatic nitrogens is 3. The molecule has 0 bridgehead atoms. The van der Waals surface area contributed by atoms with Crippen LogP contribution in [0.2, 0.25) is 0 Å². The van der Waals surface area contributed by atoms with E-state index >= 15 is 0 Å². The minimum absolute atomic E-state index is 0.0644. The molecule has 1 aromatic heterocycles. The van der Waals surface area contributed by atoms with Crippen LogP contribution in [0.25, 0.3) is 0 Å². The molecule has 6 nitrogen and oxygen atoms in total. The Morgan fingerprint density at radius 3 is 2.73 bits per heavy atom. The molecule has 0 atom stereocenters. The highest BCUT2D eigenvalue weighted by molar-refractivity contribution is 7.99. The maximum Gasteiger partial charge on any atom is 0.233 e. The Balaban J connectivity index is 1.51. The molecule has 1 saturated heterocycles. The molecular weight excluding hydrogens is 305 g/mol. The number of benzene rings is 1. The second-order valence-electron chi connectivity index (χ2n) is 4.90. The van der Waals surface area contributed by atoms with Crippen molar-refractivity contribution in [2.24, 2.45) is 0 Å². The van der Waals surface area contributed by atoms with Crippen molar-refractivity contribution in [3.8, 4) is 0 Å². The number of rotatable bonds is 4. The maximum absolute atomic E-state index is 13.8. The third kappa shape index (κ3) is 3.38. The van der Waals surface area contributed by atoms with E-state index in [9.17, 15) is 9.18 Å². The van der Waals surface area contributed by atoms with Crippen LogP contribution < -0.4 is 4.90 Å². The number of amides is 1. The first kappa shape index (κ1) is 14.8. The molecule has 0 saturated carbocycles. The molecule has 0 spiro atoms. The van der Waals surface area contributed by atoms with E-state index in [1.54, 1.807) is 17.0 Å². The lowest BCUT2D eigenvalue weighted by atomic mass is 10.2. The molecule has 1 fully saturated rings. The smallest absolute Gasteiger partial charge is 0.233 e. The van der Waals surface area contributed by atoms with E-state index in [4.69, 9.17) is 0 Å². The van der Waals surface area contributed by atoms with Crippen LogP contribution in [-0.2, 0) is 4.79 Å². The SMILES string of the molecule is O=C(CSc1ncn[nH]1)N1CCN(c2ccccc2F)CC1. The summed E-state index contributed by atoms with van der Waals surface area (Å²) in [4.78, 5) is 19.9. The number of thioether (sulfide) groups is 1. The molecule has 1 aliphatic heterocycles. The van der Waals surface area contributed by atoms with Crippen molar-refractivity contribution in [1.82, 2.24) is 20.1 Å². The first-order chi connectivity index (χ1) is 10.7. The largest absolute Gasteiger partial charge is 0.366 e. The molecule has 8 heteroatoms. The predicted octanol–water partition coefficient (Wildman–Crippen LogP) is 1.38. The molecule has 22 heavy (non-hydrogen) atoms. The van der Waals surface area contributed by atoms with Crippen molar-refractivity contribution in [2.45, 2.75) is 5.16 Å². The highest BCUT2D eigenvalue weighted by Crippen LogP contribution is 2.20. The fourth-order valence-electron chi connectivity index (χ4n) is 2.39. The number of nitrogens with one attached hydrogen (secondary N) is 1. The van der Waals surface area contributed by atoms with Gasteiger partial charge in [-0.05, 0) is 12.1 Å². The molecule has 1 N–H and O–H groups in total. The van der Waals surface area contributed by atoms with Gasteiger partial charge in [-0.1, -0.05) is 23.9 Å². The second kappa shape index (κ2) is 6.78. The number of halogens is 1. The standard InChI is InChI=1S/C14H16FN5OS/c15-11-3-1-2-4-12(11)19-5-7-20(8-6-19)13(21)9-22-14-16-10-17-18-14/h1-4,10H,5-9H2,(H,16,17,18). The van der Waals surface area contributed by atoms with E-state index in [0.29, 0.717) is 42.8 Å². The zero-order chi connectivity index (χ0) is 15.4. The Morgan fingerprint density at radius 1 is 1.27 bits per heavy atom. The Morgan fingerprint density at radius 2 is 2.05 bits per heavy atom. The Labute approximate surface area is 131 Å². The fraction of sp³-hybridized carbons (Fsp3) is 0.357. The van der Waals surface area contributed by atoms with Gasteiger partial charge in [0.2, 0.25) is 5.91 Å². The van der Waals surface area contributed by atoms with Gasteiger partial charge in [0, 0.05) is 26.2 Å². The van der Waals surface area contributed by atoms with Gasteiger partial charge in [-0.15, -0.1) is 0 Å². The molecule has 0 radical (unpaired) electrons. The third-order valence-electron chi connectivity index (χ3n) is 3.55. The zero-order valence-corrected chi connectivity index (χ0v) is 12.7. The summed E-state index contributed by atoms with van der Waals surface area (Å²) in [6.07, 6.45) is 1.42. The van der Waals surface area contributed by atoms with E-state index in [-0.39, 0.29) is 11.7 Å². The number of hydrogen-bond acceptors (Lipinski definition) is 5. The van der Waals surface area contributed by atoms with Gasteiger partial charge in [0.15, 0.2) is 5.16 Å². The van der Waals surface area contributed by atoms with Crippen LogP contribution in [-0.4, -0.2) is 57.9 Å². The molecule has 2 heterocycles. The van der Waals surface area contributed by atoms with Crippen molar-refractivity contribution in [1.29, 1.82) is 0 Å². The highest BCUT2D eigenvalue weighted by Gasteiger charge is 2.22. The highest BCUT2D eigenvalue weighted by atomic mass is 32.2. The van der Waals surface area contributed by atoms with Gasteiger partial charge in [0.05, 0.1) is 11.4 Å². The Kier molecular flexibility index (Phi) is 4.57. The number of nitrogens with zero attached hydrogens (tertiary/aromatic N) is 4. The number of aromatic amines is 1. The van der Waals surface area contributed by atoms with E-state index in [2.05, 4.69) is 15.2 Å². The van der Waals surface area contributed by atoms with E-state index in [0.717, 1.165) is 0 Å². The van der Waals surface area contributed by atoms with Gasteiger partial charge in [-0.2, -0.15) is 5.10 Å². The summed E-state index contributed by atoms with van der Waals surface area (Å²) < 4.78 is 13.8. The molecular formula is C14H16FN5OS. The first-order valence-electron chi connectivity index (χ1n) is 6.99. The number of para-hydroxylation sites is 1. The minimum Gasteiger partial charge on any atom is -0.366 e. The van der Waals surface area contributed by atoms with Gasteiger partial charge in [-0.3, -0.25) is 9.89 Å². The lowest BCUT2D eigenvalue weighted by molar-refractivity contribution is -0.128. The van der Waals surface area contributed by atoms with Crippen LogP contribution in [0.5, 0.6) is 0 Å². The molecule has 1 amide bonds. The first-order valence-corrected chi connectivity index (χ1v) is 7.98. The van der Waals surface area contributed by atoms with E-state index in [1.807, 2.05) is 11.0 Å². The topological polar surface area (TPSA) is 65.1 Å². The number of hydrogen-bond donors (Lipinski definition) is 1. The average molecular weight is 321 g/mol. The average Bonchev–Trinajstić information content (AvgIpc) is 3.07. The third-order valence-corrected chi connectivity index (χ3v) is 4.41. The Bertz CT molecular complexity index is 628. The quantitative estimate of drug-likeness (QED) is 0.862. The van der Waals surface area contributed by atoms with Crippen LogP contribution in [0.4, 0.5) is 10.1 Å². The van der Waals surface area contributed by atoms with E-state index in [1.165, 1.54) is 24.2 Å². The van der Waals surface area contributed by atoms with Gasteiger partial charge < -0.3 is 9.80 Å². The number of carbonyl (C=O) groups excluding carboxylic acids is 1. The molecule has 0 unspecified atom stereocenters. The second-order valence-corrected chi connectivity index (χ2v) is 5.86. The van der Waals surface area contributed by atoms with Crippen molar-refractivity contribution in [2.75, 3.05) is 36.8 Å². The summed E-state index contributed by atoms with van der Waals surface area (Å²) >= 11 is 1.33. The maximum atomic E-state index is 13.8. The van der Waals surface area contributed by atoms with Crippen LogP contribution in [0.15, 0.2) is 35.7 Å². The molecule has 1 aliphatic rings. The summed E-state index contributed by atoms with van der Waals surface area (Å²) in [6.45, 7) is 2.48. The molecule has 0 aliphatic carbocycles. The number of carbonyl (C=O) groups is 1. The predicted molar refractivity (Wildman–Crippen MR) is 82.3 cm³/mol. The van der Waals surface area contributed by atoms with Crippen molar-refractivity contribution in [3.63, 3.8) is 0 Å². The number of piperazine rings is 1. The number of anilines is 1. The minimum atomic E-state index is -0.219. The van der Waals surface area contributed by atoms with Crippen LogP contribution in [0, 0.1) is 5.82 Å². The van der Waals surface area contributed by atoms with E-state index < -0.39 is 0 Å². The molecule has 3 rings (SSSR count). The molecule has 1 aromatic carbocycles. The van der Waals surface area contributed by atoms with Crippen LogP contribution >= 0.6 is 11.8 Å². The summed E-state index contributed by atoms with van der Waals surface area (Å²) in [7, 11) is 0. The number of H-pyrrole nitrogens is 1. The molecule has 2 aromatic rings. The van der Waals surface area contributed by atoms with Crippen LogP contribution in [0.1, 0.15) is 0 Å². The van der Waals surface area contributed by atoms with Crippen LogP contribution in [0.3, 0.4) is 0 Å². The van der Waals surface area contributed by atoms with Gasteiger partial charge in [0.25, 0.3) is 0 Å². The summed E-state index contributed by atoms with van der Waals surface area (Å²) in [6, 6.07) is 6.73. The van der Waals surface area contributed by atoms with Gasteiger partial charge in [-0.25, -0.2) is 9.37 Å². The van der Waals surface area contributed by atoms with Crippen molar-refractivity contribution < 1.29 is 9.18 Å². The zero-order valence-electron chi connectivity index (χ0n) is 11.9. The normalized spacial score (nSPS) is 15.1. The van der Waals surface area contributed by atoms with Crippen molar-refractivity contribution >= 4 is 23.4 Å². The fourth-order valence-corrected chi connectivity index (χ4v) is 3.07. The monoisotopic (exact) mass is 321 g/mol. The summed E-state index contributed by atoms with van der Waals surface area (Å²) in [5.41, 5.74) is 0.602. The molecule has 116 valence electrons. The summed E-state index contributed by atoms with van der Waals surface area (Å²) in [5, 5.41) is 7.09. The Hall–Kier alpha value is -2.09. The van der Waals surface area contributed by atoms with Crippen molar-refractivity contribution in [3.05, 3.63) is 36.4 Å². The summed E-state index contributed by atoms with van der Waals surface area (Å²) in [5.74, 6) is 0.173. The lowest BCUT2D eigenvalue weighted by Gasteiger charge is -2.36. The lowest BCUT2D eigenvalue weighted by Crippen LogP contribution is -2.49.